The Morgan fingerprint density at radius 2 is 1.95 bits per heavy atom. The summed E-state index contributed by atoms with van der Waals surface area (Å²) in [6, 6.07) is 3.24. The fourth-order valence-electron chi connectivity index (χ4n) is 2.12. The molecule has 0 aliphatic carbocycles. The smallest absolute Gasteiger partial charge is 0.314 e. The van der Waals surface area contributed by atoms with Crippen LogP contribution in [0.15, 0.2) is 18.2 Å². The van der Waals surface area contributed by atoms with Crippen molar-refractivity contribution in [2.24, 2.45) is 0 Å². The van der Waals surface area contributed by atoms with E-state index >= 15 is 0 Å². The molecule has 1 aliphatic heterocycles. The zero-order chi connectivity index (χ0) is 16.3. The molecule has 0 atom stereocenters. The summed E-state index contributed by atoms with van der Waals surface area (Å²) in [7, 11) is 1.48. The van der Waals surface area contributed by atoms with Crippen LogP contribution in [0.3, 0.4) is 0 Å². The number of rotatable bonds is 5. The van der Waals surface area contributed by atoms with E-state index in [9.17, 15) is 24.5 Å². The van der Waals surface area contributed by atoms with E-state index < -0.39 is 16.7 Å². The highest BCUT2D eigenvalue weighted by Crippen LogP contribution is 2.26. The van der Waals surface area contributed by atoms with Crippen LogP contribution in [0.25, 0.3) is 0 Å². The monoisotopic (exact) mass is 306 g/mol. The first-order valence-electron chi connectivity index (χ1n) is 6.56. The molecule has 0 fully saturated rings. The van der Waals surface area contributed by atoms with Crippen LogP contribution in [0.1, 0.15) is 27.1 Å². The Bertz CT molecular complexity index is 658. The van der Waals surface area contributed by atoms with Crippen molar-refractivity contribution in [2.75, 3.05) is 20.1 Å². The van der Waals surface area contributed by atoms with Gasteiger partial charge in [0.15, 0.2) is 0 Å². The van der Waals surface area contributed by atoms with Crippen LogP contribution < -0.4 is 10.6 Å². The minimum absolute atomic E-state index is 0.0402. The molecular formula is C13H14N4O5. The van der Waals surface area contributed by atoms with Crippen molar-refractivity contribution in [1.29, 1.82) is 0 Å². The Labute approximate surface area is 125 Å². The number of nitro groups is 1. The van der Waals surface area contributed by atoms with Crippen LogP contribution in [-0.2, 0) is 0 Å². The van der Waals surface area contributed by atoms with E-state index in [0.717, 1.165) is 11.0 Å². The van der Waals surface area contributed by atoms with Crippen LogP contribution in [0.4, 0.5) is 10.5 Å². The molecule has 0 saturated heterocycles. The molecular weight excluding hydrogens is 292 g/mol. The zero-order valence-corrected chi connectivity index (χ0v) is 11.8. The quantitative estimate of drug-likeness (QED) is 0.355. The van der Waals surface area contributed by atoms with E-state index in [1.807, 2.05) is 0 Å². The summed E-state index contributed by atoms with van der Waals surface area (Å²) in [6.07, 6.45) is 0.390. The summed E-state index contributed by atoms with van der Waals surface area (Å²) >= 11 is 0. The second-order valence-corrected chi connectivity index (χ2v) is 4.61. The highest BCUT2D eigenvalue weighted by atomic mass is 16.6. The van der Waals surface area contributed by atoms with Crippen molar-refractivity contribution in [3.05, 3.63) is 39.4 Å². The molecule has 0 radical (unpaired) electrons. The van der Waals surface area contributed by atoms with Crippen molar-refractivity contribution in [2.45, 2.75) is 6.42 Å². The highest BCUT2D eigenvalue weighted by Gasteiger charge is 2.36. The maximum atomic E-state index is 12.1. The maximum Gasteiger partial charge on any atom is 0.314 e. The first-order valence-corrected chi connectivity index (χ1v) is 6.56. The lowest BCUT2D eigenvalue weighted by molar-refractivity contribution is -0.384. The summed E-state index contributed by atoms with van der Waals surface area (Å²) in [4.78, 5) is 46.4. The molecule has 0 bridgehead atoms. The number of hydrogen-bond donors (Lipinski definition) is 2. The number of hydrogen-bond acceptors (Lipinski definition) is 5. The van der Waals surface area contributed by atoms with Gasteiger partial charge >= 0.3 is 6.03 Å². The Balaban J connectivity index is 2.04. The van der Waals surface area contributed by atoms with E-state index in [2.05, 4.69) is 10.6 Å². The van der Waals surface area contributed by atoms with Gasteiger partial charge in [0, 0.05) is 32.3 Å². The van der Waals surface area contributed by atoms with Crippen molar-refractivity contribution in [3.63, 3.8) is 0 Å². The van der Waals surface area contributed by atoms with Gasteiger partial charge in [-0.05, 0) is 12.5 Å². The third kappa shape index (κ3) is 2.87. The number of carbonyl (C=O) groups excluding carboxylic acids is 3. The van der Waals surface area contributed by atoms with Gasteiger partial charge in [0.25, 0.3) is 17.5 Å². The van der Waals surface area contributed by atoms with E-state index in [0.29, 0.717) is 13.0 Å². The number of carbonyl (C=O) groups is 3. The summed E-state index contributed by atoms with van der Waals surface area (Å²) in [5.41, 5.74) is -0.0312. The van der Waals surface area contributed by atoms with Gasteiger partial charge < -0.3 is 10.6 Å². The van der Waals surface area contributed by atoms with Crippen molar-refractivity contribution >= 4 is 23.5 Å². The number of nitrogens with one attached hydrogen (secondary N) is 2. The molecule has 0 saturated carbocycles. The summed E-state index contributed by atoms with van der Waals surface area (Å²) in [6.45, 7) is 0.428. The van der Waals surface area contributed by atoms with Gasteiger partial charge in [-0.3, -0.25) is 24.6 Å². The van der Waals surface area contributed by atoms with Crippen molar-refractivity contribution in [3.8, 4) is 0 Å². The van der Waals surface area contributed by atoms with Gasteiger partial charge in [-0.2, -0.15) is 0 Å². The fraction of sp³-hybridized carbons (Fsp3) is 0.308. The maximum absolute atomic E-state index is 12.1. The van der Waals surface area contributed by atoms with Crippen LogP contribution in [0.2, 0.25) is 0 Å². The van der Waals surface area contributed by atoms with E-state index in [1.165, 1.54) is 19.2 Å². The van der Waals surface area contributed by atoms with Crippen molar-refractivity contribution in [1.82, 2.24) is 15.5 Å². The Hall–Kier alpha value is -2.97. The number of imide groups is 1. The van der Waals surface area contributed by atoms with Gasteiger partial charge in [-0.1, -0.05) is 0 Å². The Kier molecular flexibility index (Phi) is 4.35. The molecule has 1 aliphatic rings. The molecule has 2 N–H and O–H groups in total. The summed E-state index contributed by atoms with van der Waals surface area (Å²) < 4.78 is 0. The molecule has 116 valence electrons. The lowest BCUT2D eigenvalue weighted by Gasteiger charge is -2.13. The average Bonchev–Trinajstić information content (AvgIpc) is 2.75. The molecule has 22 heavy (non-hydrogen) atoms. The number of amides is 4. The molecule has 9 nitrogen and oxygen atoms in total. The first-order chi connectivity index (χ1) is 10.5. The first kappa shape index (κ1) is 15.4. The van der Waals surface area contributed by atoms with E-state index in [-0.39, 0.29) is 29.4 Å². The standard InChI is InChI=1S/C13H14N4O5/c1-14-13(20)15-5-2-6-16-11(18)9-4-3-8(17(21)22)7-10(9)12(16)19/h3-4,7H,2,5-6H2,1H3,(H2,14,15,20). The van der Waals surface area contributed by atoms with E-state index in [1.54, 1.807) is 0 Å². The lowest BCUT2D eigenvalue weighted by Crippen LogP contribution is -2.36. The molecule has 2 rings (SSSR count). The van der Waals surface area contributed by atoms with Gasteiger partial charge in [0.2, 0.25) is 0 Å². The molecule has 1 aromatic rings. The predicted molar refractivity (Wildman–Crippen MR) is 75.5 cm³/mol. The van der Waals surface area contributed by atoms with Gasteiger partial charge in [0.05, 0.1) is 16.1 Å². The number of nitrogens with zero attached hydrogens (tertiary/aromatic N) is 2. The largest absolute Gasteiger partial charge is 0.341 e. The molecule has 0 aromatic heterocycles. The SMILES string of the molecule is CNC(=O)NCCCN1C(=O)c2ccc([N+](=O)[O-])cc2C1=O. The van der Waals surface area contributed by atoms with Crippen molar-refractivity contribution < 1.29 is 19.3 Å². The number of benzene rings is 1. The third-order valence-corrected chi connectivity index (χ3v) is 3.24. The Morgan fingerprint density at radius 1 is 1.27 bits per heavy atom. The number of urea groups is 1. The summed E-state index contributed by atoms with van der Waals surface area (Å²) in [5, 5.41) is 15.6. The second kappa shape index (κ2) is 6.20. The Morgan fingerprint density at radius 3 is 2.59 bits per heavy atom. The number of fused-ring (bicyclic) bond motifs is 1. The van der Waals surface area contributed by atoms with Crippen LogP contribution >= 0.6 is 0 Å². The van der Waals surface area contributed by atoms with E-state index in [4.69, 9.17) is 0 Å². The molecule has 9 heteroatoms. The average molecular weight is 306 g/mol. The van der Waals surface area contributed by atoms with Crippen LogP contribution in [0, 0.1) is 10.1 Å². The zero-order valence-electron chi connectivity index (χ0n) is 11.8. The third-order valence-electron chi connectivity index (χ3n) is 3.24. The van der Waals surface area contributed by atoms with Gasteiger partial charge in [0.1, 0.15) is 0 Å². The second-order valence-electron chi connectivity index (χ2n) is 4.61. The van der Waals surface area contributed by atoms with Crippen LogP contribution in [0.5, 0.6) is 0 Å². The molecule has 4 amide bonds. The lowest BCUT2D eigenvalue weighted by atomic mass is 10.1. The molecule has 1 heterocycles. The highest BCUT2D eigenvalue weighted by molar-refractivity contribution is 6.21. The van der Waals surface area contributed by atoms with Gasteiger partial charge in [-0.25, -0.2) is 4.79 Å². The topological polar surface area (TPSA) is 122 Å². The molecule has 0 unspecified atom stereocenters. The molecule has 0 spiro atoms. The molecule has 1 aromatic carbocycles. The van der Waals surface area contributed by atoms with Crippen LogP contribution in [-0.4, -0.2) is 47.8 Å². The minimum Gasteiger partial charge on any atom is -0.341 e. The number of nitro benzene ring substituents is 1. The van der Waals surface area contributed by atoms with Gasteiger partial charge in [-0.15, -0.1) is 0 Å². The summed E-state index contributed by atoms with van der Waals surface area (Å²) in [5.74, 6) is -1.03. The fourth-order valence-corrected chi connectivity index (χ4v) is 2.12. The number of non-ortho nitro benzene ring substituents is 1. The predicted octanol–water partition coefficient (Wildman–Crippen LogP) is 0.510. The minimum atomic E-state index is -0.617. The normalized spacial score (nSPS) is 13.0.